The number of ether oxygens (including phenoxy) is 5. The van der Waals surface area contributed by atoms with E-state index in [1.807, 2.05) is 145 Å². The van der Waals surface area contributed by atoms with Crippen LogP contribution in [-0.4, -0.2) is 85.9 Å². The molecule has 2 fully saturated rings. The number of carbonyl (C=O) groups excluding carboxylic acids is 4. The Morgan fingerprint density at radius 1 is 0.705 bits per heavy atom. The van der Waals surface area contributed by atoms with E-state index in [1.54, 1.807) is 62.6 Å². The molecule has 4 aliphatic heterocycles. The first kappa shape index (κ1) is 51.2. The fourth-order valence-electron chi connectivity index (χ4n) is 12.1. The van der Waals surface area contributed by atoms with Crippen molar-refractivity contribution in [2.45, 2.75) is 55.6 Å². The molecule has 7 atom stereocenters. The number of imide groups is 1. The molecule has 7 aromatic rings. The molecule has 394 valence electrons. The Bertz CT molecular complexity index is 3460. The third-order valence-electron chi connectivity index (χ3n) is 15.6. The monoisotopic (exact) mass is 1040 g/mol. The summed E-state index contributed by atoms with van der Waals surface area (Å²) >= 11 is 0. The minimum Gasteiger partial charge on any atom is -0.497 e. The van der Waals surface area contributed by atoms with Crippen LogP contribution in [-0.2, 0) is 37.5 Å². The lowest BCUT2D eigenvalue weighted by molar-refractivity contribution is -0.179. The van der Waals surface area contributed by atoms with Gasteiger partial charge in [0, 0.05) is 24.2 Å². The summed E-state index contributed by atoms with van der Waals surface area (Å²) < 4.78 is 29.7. The molecule has 1 spiro atoms. The van der Waals surface area contributed by atoms with Crippen LogP contribution >= 0.6 is 0 Å². The summed E-state index contributed by atoms with van der Waals surface area (Å²) in [5.41, 5.74) is 4.23. The molecule has 2 N–H and O–H groups in total. The molecule has 0 radical (unpaired) electrons. The highest BCUT2D eigenvalue weighted by atomic mass is 16.6. The minimum atomic E-state index is -2.06. The third kappa shape index (κ3) is 9.04. The molecule has 0 saturated carbocycles. The number of nitrogens with one attached hydrogen (secondary N) is 1. The lowest BCUT2D eigenvalue weighted by Crippen LogP contribution is -2.57. The number of benzene rings is 7. The van der Waals surface area contributed by atoms with Gasteiger partial charge in [0.05, 0.1) is 57.7 Å². The SMILES string of the molecule is COc1ccc(C#Cc2ccc3c(c2)C2(C(=O)N3C(=O)NC(C)c3ccccc3)C(C(=O)N3CCc4cc(OC)c(OC)cc4C3)C3C(=O)OC(c4ccccc4)C(c4ccccc4)N3C2c2cccc(OCCO)c2)cc1. The molecule has 14 heteroatoms. The number of aliphatic hydroxyl groups excluding tert-OH is 1. The van der Waals surface area contributed by atoms with Crippen LogP contribution in [0.5, 0.6) is 23.0 Å². The maximum Gasteiger partial charge on any atom is 0.329 e. The Hall–Kier alpha value is -8.90. The molecule has 7 aromatic carbocycles. The number of esters is 1. The zero-order valence-corrected chi connectivity index (χ0v) is 43.6. The third-order valence-corrected chi connectivity index (χ3v) is 15.6. The number of anilines is 1. The van der Waals surface area contributed by atoms with Crippen LogP contribution in [0.15, 0.2) is 170 Å². The molecule has 7 unspecified atom stereocenters. The summed E-state index contributed by atoms with van der Waals surface area (Å²) in [7, 11) is 4.72. The molecule has 0 aliphatic carbocycles. The van der Waals surface area contributed by atoms with E-state index in [-0.39, 0.29) is 32.0 Å². The van der Waals surface area contributed by atoms with Gasteiger partial charge in [-0.3, -0.25) is 19.3 Å². The van der Waals surface area contributed by atoms with Gasteiger partial charge >= 0.3 is 12.0 Å². The lowest BCUT2D eigenvalue weighted by atomic mass is 9.64. The molecule has 0 bridgehead atoms. The maximum atomic E-state index is 17.1. The maximum absolute atomic E-state index is 17.1. The van der Waals surface area contributed by atoms with Gasteiger partial charge in [0.1, 0.15) is 35.7 Å². The van der Waals surface area contributed by atoms with E-state index in [2.05, 4.69) is 17.2 Å². The average molecular weight is 1040 g/mol. The summed E-state index contributed by atoms with van der Waals surface area (Å²) in [5.74, 6) is 5.24. The van der Waals surface area contributed by atoms with Gasteiger partial charge in [0.15, 0.2) is 11.5 Å². The van der Waals surface area contributed by atoms with E-state index in [0.29, 0.717) is 57.2 Å². The smallest absolute Gasteiger partial charge is 0.329 e. The number of cyclic esters (lactones) is 1. The molecule has 78 heavy (non-hydrogen) atoms. The molecule has 0 aromatic heterocycles. The van der Waals surface area contributed by atoms with Crippen LogP contribution in [0, 0.1) is 17.8 Å². The topological polar surface area (TPSA) is 156 Å². The van der Waals surface area contributed by atoms with Crippen molar-refractivity contribution in [2.24, 2.45) is 5.92 Å². The number of fused-ring (bicyclic) bond motifs is 4. The second-order valence-corrected chi connectivity index (χ2v) is 19.8. The zero-order chi connectivity index (χ0) is 54.1. The van der Waals surface area contributed by atoms with Gasteiger partial charge in [0.25, 0.3) is 0 Å². The lowest BCUT2D eigenvalue weighted by Gasteiger charge is -2.46. The van der Waals surface area contributed by atoms with Gasteiger partial charge in [-0.05, 0) is 119 Å². The number of aliphatic hydroxyl groups is 1. The average Bonchev–Trinajstić information content (AvgIpc) is 2.85. The van der Waals surface area contributed by atoms with Gasteiger partial charge in [0.2, 0.25) is 11.8 Å². The Kier molecular flexibility index (Phi) is 14.2. The van der Waals surface area contributed by atoms with Crippen LogP contribution in [0.4, 0.5) is 10.5 Å². The van der Waals surface area contributed by atoms with E-state index in [0.717, 1.165) is 27.2 Å². The van der Waals surface area contributed by atoms with Gasteiger partial charge in [-0.15, -0.1) is 0 Å². The predicted molar refractivity (Wildman–Crippen MR) is 292 cm³/mol. The van der Waals surface area contributed by atoms with Gasteiger partial charge in [-0.2, -0.15) is 0 Å². The largest absolute Gasteiger partial charge is 0.497 e. The van der Waals surface area contributed by atoms with E-state index in [1.165, 1.54) is 0 Å². The zero-order valence-electron chi connectivity index (χ0n) is 43.6. The van der Waals surface area contributed by atoms with E-state index in [4.69, 9.17) is 23.7 Å². The summed E-state index contributed by atoms with van der Waals surface area (Å²) in [5, 5.41) is 13.1. The number of nitrogens with zero attached hydrogens (tertiary/aromatic N) is 3. The van der Waals surface area contributed by atoms with E-state index < -0.39 is 65.4 Å². The molecule has 14 nitrogen and oxygen atoms in total. The quantitative estimate of drug-likeness (QED) is 0.0889. The van der Waals surface area contributed by atoms with Gasteiger partial charge < -0.3 is 39.0 Å². The second kappa shape index (κ2) is 21.6. The van der Waals surface area contributed by atoms with Crippen LogP contribution < -0.4 is 29.2 Å². The Morgan fingerprint density at radius 3 is 2.03 bits per heavy atom. The summed E-state index contributed by atoms with van der Waals surface area (Å²) in [6, 6.07) is 47.4. The number of rotatable bonds is 12. The summed E-state index contributed by atoms with van der Waals surface area (Å²) in [6.45, 7) is 1.89. The van der Waals surface area contributed by atoms with Crippen molar-refractivity contribution in [2.75, 3.05) is 46.0 Å². The number of amides is 4. The Balaban J connectivity index is 1.19. The normalized spacial score (nSPS) is 21.5. The van der Waals surface area contributed by atoms with Crippen molar-refractivity contribution in [3.05, 3.63) is 220 Å². The van der Waals surface area contributed by atoms with Crippen molar-refractivity contribution >= 4 is 29.5 Å². The highest BCUT2D eigenvalue weighted by Crippen LogP contribution is 2.66. The number of hydrogen-bond donors (Lipinski definition) is 2. The van der Waals surface area contributed by atoms with E-state index in [9.17, 15) is 5.11 Å². The summed E-state index contributed by atoms with van der Waals surface area (Å²) in [4.78, 5) is 70.0. The standard InChI is InChI=1S/C64H58N4O10/c1-40(43-15-8-5-9-16-43)65-63(73)67-52-30-27-42(24-23-41-25-28-49(74-2)29-26-41)35-51(52)64(62(67)72)55(60(70)66-32-31-46-37-53(75-3)54(76-4)38-48(46)39-66)57-61(71)78-58(45-19-12-7-13-20-45)56(44-17-10-6-11-18-44)68(57)59(64)47-21-14-22-50(36-47)77-34-33-69/h5-22,25-30,35-38,40,55-59,69H,31-34,39H2,1-4H3,(H,65,73). The molecule has 4 aliphatic rings. The first-order valence-corrected chi connectivity index (χ1v) is 26.0. The number of methoxy groups -OCH3 is 3. The molecular formula is C64H58N4O10. The number of carbonyl (C=O) groups is 4. The molecule has 4 amide bonds. The number of urea groups is 1. The molecule has 11 rings (SSSR count). The highest BCUT2D eigenvalue weighted by Gasteiger charge is 2.76. The van der Waals surface area contributed by atoms with Gasteiger partial charge in [-0.25, -0.2) is 9.69 Å². The number of morpholine rings is 1. The molecular weight excluding hydrogens is 985 g/mol. The van der Waals surface area contributed by atoms with Crippen LogP contribution in [0.2, 0.25) is 0 Å². The fourth-order valence-corrected chi connectivity index (χ4v) is 12.1. The second-order valence-electron chi connectivity index (χ2n) is 19.8. The first-order valence-electron chi connectivity index (χ1n) is 26.0. The van der Waals surface area contributed by atoms with Crippen molar-refractivity contribution in [3.63, 3.8) is 0 Å². The molecule has 4 heterocycles. The Labute approximate surface area is 453 Å². The summed E-state index contributed by atoms with van der Waals surface area (Å²) in [6.07, 6.45) is -0.509. The van der Waals surface area contributed by atoms with Crippen LogP contribution in [0.3, 0.4) is 0 Å². The number of hydrogen-bond acceptors (Lipinski definition) is 11. The molecule has 2 saturated heterocycles. The van der Waals surface area contributed by atoms with Crippen molar-refractivity contribution in [1.29, 1.82) is 0 Å². The Morgan fingerprint density at radius 2 is 1.35 bits per heavy atom. The van der Waals surface area contributed by atoms with Gasteiger partial charge in [-0.1, -0.05) is 115 Å². The fraction of sp³-hybridized carbons (Fsp3) is 0.250. The van der Waals surface area contributed by atoms with Crippen molar-refractivity contribution in [3.8, 4) is 34.8 Å². The highest BCUT2D eigenvalue weighted by molar-refractivity contribution is 6.24. The first-order chi connectivity index (χ1) is 38.1. The predicted octanol–water partition coefficient (Wildman–Crippen LogP) is 9.20. The minimum absolute atomic E-state index is 0.0274. The van der Waals surface area contributed by atoms with Crippen LogP contribution in [0.1, 0.15) is 81.2 Å². The van der Waals surface area contributed by atoms with Crippen LogP contribution in [0.25, 0.3) is 0 Å². The van der Waals surface area contributed by atoms with Crippen molar-refractivity contribution < 1.29 is 48.0 Å². The van der Waals surface area contributed by atoms with Crippen molar-refractivity contribution in [1.82, 2.24) is 15.1 Å². The van der Waals surface area contributed by atoms with E-state index >= 15 is 19.2 Å².